The number of carbonyl (C=O) groups is 2. The molecule has 0 aromatic heterocycles. The molecule has 1 aliphatic rings. The van der Waals surface area contributed by atoms with Crippen molar-refractivity contribution in [2.75, 3.05) is 32.4 Å². The fourth-order valence-corrected chi connectivity index (χ4v) is 3.38. The number of nitrogens with one attached hydrogen (secondary N) is 1. The molecule has 3 aromatic rings. The minimum absolute atomic E-state index is 0.0336. The summed E-state index contributed by atoms with van der Waals surface area (Å²) in [5.74, 6) is 1.49. The van der Waals surface area contributed by atoms with Gasteiger partial charge in [-0.3, -0.25) is 15.0 Å². The molecule has 0 radical (unpaired) electrons. The molecular weight excluding hydrogens is 436 g/mol. The number of para-hydroxylation sites is 1. The number of amides is 2. The molecule has 174 valence electrons. The van der Waals surface area contributed by atoms with Crippen molar-refractivity contribution < 1.29 is 28.5 Å². The van der Waals surface area contributed by atoms with Crippen molar-refractivity contribution in [2.24, 2.45) is 0 Å². The summed E-state index contributed by atoms with van der Waals surface area (Å²) in [6.07, 6.45) is 1.53. The third-order valence-corrected chi connectivity index (χ3v) is 5.06. The lowest BCUT2D eigenvalue weighted by Gasteiger charge is -2.14. The van der Waals surface area contributed by atoms with Gasteiger partial charge in [0.1, 0.15) is 30.3 Å². The average molecular weight is 460 g/mol. The number of carbonyl (C=O) groups excluding carboxylic acids is 2. The molecule has 3 aromatic carbocycles. The van der Waals surface area contributed by atoms with Crippen LogP contribution in [0.15, 0.2) is 78.4 Å². The van der Waals surface area contributed by atoms with E-state index in [0.717, 1.165) is 0 Å². The van der Waals surface area contributed by atoms with E-state index in [1.165, 1.54) is 18.2 Å². The molecule has 0 unspecified atom stereocenters. The van der Waals surface area contributed by atoms with E-state index in [9.17, 15) is 9.59 Å². The van der Waals surface area contributed by atoms with Gasteiger partial charge in [0.15, 0.2) is 11.5 Å². The van der Waals surface area contributed by atoms with Gasteiger partial charge in [-0.2, -0.15) is 0 Å². The number of nitrogens with zero attached hydrogens (tertiary/aromatic N) is 1. The first kappa shape index (κ1) is 22.7. The number of methoxy groups -OCH3 is 2. The predicted molar refractivity (Wildman–Crippen MR) is 127 cm³/mol. The third kappa shape index (κ3) is 5.12. The van der Waals surface area contributed by atoms with Gasteiger partial charge in [0, 0.05) is 6.07 Å². The lowest BCUT2D eigenvalue weighted by molar-refractivity contribution is -0.117. The van der Waals surface area contributed by atoms with Crippen LogP contribution in [0.3, 0.4) is 0 Å². The Hall–Kier alpha value is -4.46. The summed E-state index contributed by atoms with van der Waals surface area (Å²) in [6.45, 7) is 0.618. The van der Waals surface area contributed by atoms with Crippen molar-refractivity contribution in [2.45, 2.75) is 0 Å². The van der Waals surface area contributed by atoms with E-state index in [1.54, 1.807) is 55.6 Å². The van der Waals surface area contributed by atoms with Gasteiger partial charge in [-0.1, -0.05) is 30.3 Å². The summed E-state index contributed by atoms with van der Waals surface area (Å²) in [6, 6.07) is 21.4. The van der Waals surface area contributed by atoms with Crippen LogP contribution in [0.5, 0.6) is 23.0 Å². The maximum absolute atomic E-state index is 12.8. The van der Waals surface area contributed by atoms with Crippen LogP contribution in [0.1, 0.15) is 5.56 Å². The smallest absolute Gasteiger partial charge is 0.282 e. The summed E-state index contributed by atoms with van der Waals surface area (Å²) in [5.41, 5.74) is 3.83. The largest absolute Gasteiger partial charge is 0.497 e. The number of benzene rings is 3. The van der Waals surface area contributed by atoms with Crippen LogP contribution in [-0.4, -0.2) is 39.2 Å². The summed E-state index contributed by atoms with van der Waals surface area (Å²) >= 11 is 0. The summed E-state index contributed by atoms with van der Waals surface area (Å²) in [7, 11) is 3.12. The monoisotopic (exact) mass is 460 g/mol. The summed E-state index contributed by atoms with van der Waals surface area (Å²) < 4.78 is 22.1. The zero-order valence-corrected chi connectivity index (χ0v) is 18.8. The maximum atomic E-state index is 12.8. The van der Waals surface area contributed by atoms with Crippen LogP contribution >= 0.6 is 0 Å². The number of hydrogen-bond acceptors (Lipinski definition) is 6. The molecule has 34 heavy (non-hydrogen) atoms. The Kier molecular flexibility index (Phi) is 6.98. The number of anilines is 1. The van der Waals surface area contributed by atoms with Crippen molar-refractivity contribution in [3.63, 3.8) is 0 Å². The van der Waals surface area contributed by atoms with Gasteiger partial charge in [-0.05, 0) is 48.0 Å². The van der Waals surface area contributed by atoms with Crippen LogP contribution in [0.25, 0.3) is 6.08 Å². The first-order valence-corrected chi connectivity index (χ1v) is 10.6. The molecule has 1 saturated heterocycles. The number of ether oxygens (including phenoxy) is 4. The SMILES string of the molecule is COc1cccc(OCCOc2ccc(C=C3C(=O)NN(c4ccccc4)C3=O)cc2OC)c1. The van der Waals surface area contributed by atoms with Gasteiger partial charge < -0.3 is 18.9 Å². The van der Waals surface area contributed by atoms with E-state index in [4.69, 9.17) is 18.9 Å². The van der Waals surface area contributed by atoms with Crippen molar-refractivity contribution in [3.8, 4) is 23.0 Å². The molecular formula is C26H24N2O6. The standard InChI is InChI=1S/C26H24N2O6/c1-31-20-9-6-10-21(17-20)33-13-14-34-23-12-11-18(16-24(23)32-2)15-22-25(29)27-28(26(22)30)19-7-4-3-5-8-19/h3-12,15-17H,13-14H2,1-2H3,(H,27,29). The van der Waals surface area contributed by atoms with E-state index in [0.29, 0.717) is 47.5 Å². The van der Waals surface area contributed by atoms with Gasteiger partial charge in [0.05, 0.1) is 19.9 Å². The van der Waals surface area contributed by atoms with Gasteiger partial charge in [-0.15, -0.1) is 0 Å². The van der Waals surface area contributed by atoms with Crippen LogP contribution < -0.4 is 29.4 Å². The molecule has 8 nitrogen and oxygen atoms in total. The van der Waals surface area contributed by atoms with Gasteiger partial charge in [0.2, 0.25) is 0 Å². The molecule has 0 spiro atoms. The highest BCUT2D eigenvalue weighted by Gasteiger charge is 2.34. The Bertz CT molecular complexity index is 1210. The summed E-state index contributed by atoms with van der Waals surface area (Å²) in [4.78, 5) is 25.2. The van der Waals surface area contributed by atoms with Crippen LogP contribution in [0.2, 0.25) is 0 Å². The Morgan fingerprint density at radius 2 is 1.56 bits per heavy atom. The molecule has 1 fully saturated rings. The summed E-state index contributed by atoms with van der Waals surface area (Å²) in [5, 5.41) is 1.23. The molecule has 1 N–H and O–H groups in total. The molecule has 0 saturated carbocycles. The molecule has 1 aliphatic heterocycles. The predicted octanol–water partition coefficient (Wildman–Crippen LogP) is 3.62. The maximum Gasteiger partial charge on any atom is 0.282 e. The molecule has 1 heterocycles. The Labute approximate surface area is 197 Å². The number of hydrazine groups is 1. The van der Waals surface area contributed by atoms with Crippen LogP contribution in [0.4, 0.5) is 5.69 Å². The molecule has 8 heteroatoms. The fourth-order valence-electron chi connectivity index (χ4n) is 3.38. The zero-order chi connectivity index (χ0) is 23.9. The number of rotatable bonds is 9. The lowest BCUT2D eigenvalue weighted by Crippen LogP contribution is -2.35. The second-order valence-electron chi connectivity index (χ2n) is 7.26. The van der Waals surface area contributed by atoms with Gasteiger partial charge in [0.25, 0.3) is 11.8 Å². The van der Waals surface area contributed by atoms with Gasteiger partial charge >= 0.3 is 0 Å². The van der Waals surface area contributed by atoms with E-state index in [1.807, 2.05) is 24.3 Å². The molecule has 0 atom stereocenters. The zero-order valence-electron chi connectivity index (χ0n) is 18.8. The molecule has 0 aliphatic carbocycles. The molecule has 0 bridgehead atoms. The third-order valence-electron chi connectivity index (χ3n) is 5.06. The van der Waals surface area contributed by atoms with Crippen molar-refractivity contribution in [1.82, 2.24) is 5.43 Å². The normalized spacial score (nSPS) is 14.2. The fraction of sp³-hybridized carbons (Fsp3) is 0.154. The van der Waals surface area contributed by atoms with Crippen molar-refractivity contribution in [1.29, 1.82) is 0 Å². The molecule has 4 rings (SSSR count). The van der Waals surface area contributed by atoms with E-state index in [-0.39, 0.29) is 5.57 Å². The number of hydrogen-bond donors (Lipinski definition) is 1. The highest BCUT2D eigenvalue weighted by Crippen LogP contribution is 2.30. The van der Waals surface area contributed by atoms with Crippen molar-refractivity contribution >= 4 is 23.6 Å². The van der Waals surface area contributed by atoms with Crippen LogP contribution in [0, 0.1) is 0 Å². The molecule has 2 amide bonds. The Balaban J connectivity index is 1.41. The van der Waals surface area contributed by atoms with E-state index >= 15 is 0 Å². The van der Waals surface area contributed by atoms with Crippen LogP contribution in [-0.2, 0) is 9.59 Å². The Morgan fingerprint density at radius 1 is 0.794 bits per heavy atom. The van der Waals surface area contributed by atoms with E-state index in [2.05, 4.69) is 5.43 Å². The topological polar surface area (TPSA) is 86.3 Å². The van der Waals surface area contributed by atoms with Gasteiger partial charge in [-0.25, -0.2) is 5.01 Å². The van der Waals surface area contributed by atoms with E-state index < -0.39 is 11.8 Å². The Morgan fingerprint density at radius 3 is 2.32 bits per heavy atom. The highest BCUT2D eigenvalue weighted by atomic mass is 16.5. The quantitative estimate of drug-likeness (QED) is 0.298. The highest BCUT2D eigenvalue weighted by molar-refractivity contribution is 6.31. The minimum atomic E-state index is -0.470. The average Bonchev–Trinajstić information content (AvgIpc) is 3.16. The second kappa shape index (κ2) is 10.4. The second-order valence-corrected chi connectivity index (χ2v) is 7.26. The van der Waals surface area contributed by atoms with Crippen molar-refractivity contribution in [3.05, 3.63) is 83.9 Å². The first-order chi connectivity index (χ1) is 16.6. The first-order valence-electron chi connectivity index (χ1n) is 10.6. The lowest BCUT2D eigenvalue weighted by atomic mass is 10.1. The minimum Gasteiger partial charge on any atom is -0.497 e.